The number of aromatic nitrogens is 1. The van der Waals surface area contributed by atoms with Crippen LogP contribution in [0.15, 0.2) is 12.3 Å². The van der Waals surface area contributed by atoms with E-state index in [9.17, 15) is 0 Å². The van der Waals surface area contributed by atoms with Crippen LogP contribution in [0.25, 0.3) is 0 Å². The highest BCUT2D eigenvalue weighted by Crippen LogP contribution is 2.20. The summed E-state index contributed by atoms with van der Waals surface area (Å²) in [5.41, 5.74) is 4.14. The third-order valence-corrected chi connectivity index (χ3v) is 1.54. The van der Waals surface area contributed by atoms with E-state index in [1.54, 1.807) is 6.20 Å². The predicted molar refractivity (Wildman–Crippen MR) is 41.8 cm³/mol. The molecule has 4 heteroatoms. The van der Waals surface area contributed by atoms with E-state index in [2.05, 4.69) is 10.4 Å². The smallest absolute Gasteiger partial charge is 0.153 e. The Morgan fingerprint density at radius 3 is 2.80 bits per heavy atom. The Balaban J connectivity index is 3.17. The second-order valence-electron chi connectivity index (χ2n) is 1.94. The van der Waals surface area contributed by atoms with E-state index in [0.717, 1.165) is 5.56 Å². The van der Waals surface area contributed by atoms with Gasteiger partial charge in [-0.25, -0.2) is 4.98 Å². The van der Waals surface area contributed by atoms with Gasteiger partial charge in [-0.15, -0.1) is 0 Å². The first kappa shape index (κ1) is 7.31. The van der Waals surface area contributed by atoms with Crippen LogP contribution in [0.3, 0.4) is 0 Å². The molecule has 0 radical (unpaired) electrons. The Morgan fingerprint density at radius 2 is 2.40 bits per heavy atom. The van der Waals surface area contributed by atoms with Gasteiger partial charge in [0.1, 0.15) is 0 Å². The number of anilines is 1. The van der Waals surface area contributed by atoms with Crippen LogP contribution in [0.2, 0.25) is 5.15 Å². The zero-order valence-electron chi connectivity index (χ0n) is 5.56. The van der Waals surface area contributed by atoms with Gasteiger partial charge in [0.05, 0.1) is 5.69 Å². The van der Waals surface area contributed by atoms with Gasteiger partial charge in [0.25, 0.3) is 0 Å². The summed E-state index contributed by atoms with van der Waals surface area (Å²) >= 11 is 5.68. The summed E-state index contributed by atoms with van der Waals surface area (Å²) in [4.78, 5) is 3.83. The lowest BCUT2D eigenvalue weighted by molar-refractivity contribution is 1.23. The number of pyridine rings is 1. The van der Waals surface area contributed by atoms with Gasteiger partial charge < -0.3 is 5.43 Å². The second kappa shape index (κ2) is 2.86. The molecule has 0 atom stereocenters. The van der Waals surface area contributed by atoms with E-state index in [-0.39, 0.29) is 0 Å². The fourth-order valence-electron chi connectivity index (χ4n) is 0.698. The average molecular weight is 158 g/mol. The lowest BCUT2D eigenvalue weighted by Gasteiger charge is -2.03. The number of hydrogen-bond donors (Lipinski definition) is 2. The molecule has 1 aromatic rings. The van der Waals surface area contributed by atoms with Gasteiger partial charge in [-0.3, -0.25) is 5.84 Å². The molecule has 0 aliphatic rings. The molecular weight excluding hydrogens is 150 g/mol. The van der Waals surface area contributed by atoms with Crippen LogP contribution in [-0.4, -0.2) is 4.98 Å². The number of aryl methyl sites for hydroxylation is 1. The van der Waals surface area contributed by atoms with E-state index in [1.165, 1.54) is 0 Å². The van der Waals surface area contributed by atoms with Crippen LogP contribution in [0.1, 0.15) is 5.56 Å². The van der Waals surface area contributed by atoms with E-state index >= 15 is 0 Å². The zero-order valence-corrected chi connectivity index (χ0v) is 6.31. The third-order valence-electron chi connectivity index (χ3n) is 1.26. The van der Waals surface area contributed by atoms with Crippen LogP contribution in [0.5, 0.6) is 0 Å². The maximum Gasteiger partial charge on any atom is 0.153 e. The van der Waals surface area contributed by atoms with Gasteiger partial charge in [-0.1, -0.05) is 11.6 Å². The molecule has 0 aliphatic heterocycles. The fraction of sp³-hybridized carbons (Fsp3) is 0.167. The summed E-state index contributed by atoms with van der Waals surface area (Å²) < 4.78 is 0. The summed E-state index contributed by atoms with van der Waals surface area (Å²) in [6, 6.07) is 1.83. The van der Waals surface area contributed by atoms with Crippen LogP contribution >= 0.6 is 11.6 Å². The molecule has 0 amide bonds. The molecule has 54 valence electrons. The molecule has 3 nitrogen and oxygen atoms in total. The topological polar surface area (TPSA) is 50.9 Å². The van der Waals surface area contributed by atoms with Crippen molar-refractivity contribution in [3.8, 4) is 0 Å². The molecule has 1 aromatic heterocycles. The average Bonchev–Trinajstić information content (AvgIpc) is 1.88. The second-order valence-corrected chi connectivity index (χ2v) is 2.30. The molecule has 1 rings (SSSR count). The summed E-state index contributed by atoms with van der Waals surface area (Å²) in [6.45, 7) is 1.91. The molecule has 0 unspecified atom stereocenters. The zero-order chi connectivity index (χ0) is 7.56. The first-order chi connectivity index (χ1) is 4.75. The monoisotopic (exact) mass is 157 g/mol. The van der Waals surface area contributed by atoms with Crippen molar-refractivity contribution in [2.45, 2.75) is 6.92 Å². The van der Waals surface area contributed by atoms with Gasteiger partial charge in [0.2, 0.25) is 0 Å². The van der Waals surface area contributed by atoms with Gasteiger partial charge in [-0.2, -0.15) is 0 Å². The lowest BCUT2D eigenvalue weighted by atomic mass is 10.3. The molecule has 0 aliphatic carbocycles. The van der Waals surface area contributed by atoms with Gasteiger partial charge in [-0.05, 0) is 18.6 Å². The number of halogens is 1. The predicted octanol–water partition coefficient (Wildman–Crippen LogP) is 1.33. The molecule has 0 saturated carbocycles. The van der Waals surface area contributed by atoms with Crippen molar-refractivity contribution >= 4 is 17.3 Å². The minimum absolute atomic E-state index is 0.405. The summed E-state index contributed by atoms with van der Waals surface area (Å²) in [5, 5.41) is 0.405. The molecule has 3 N–H and O–H groups in total. The Labute approximate surface area is 64.2 Å². The van der Waals surface area contributed by atoms with Crippen molar-refractivity contribution in [1.82, 2.24) is 4.98 Å². The molecule has 0 saturated heterocycles. The fourth-order valence-corrected chi connectivity index (χ4v) is 0.958. The molecule has 10 heavy (non-hydrogen) atoms. The summed E-state index contributed by atoms with van der Waals surface area (Å²) in [5.74, 6) is 5.18. The third kappa shape index (κ3) is 1.20. The quantitative estimate of drug-likeness (QED) is 0.367. The van der Waals surface area contributed by atoms with Gasteiger partial charge in [0, 0.05) is 6.20 Å². The number of hydrazine groups is 1. The van der Waals surface area contributed by atoms with Crippen molar-refractivity contribution in [3.63, 3.8) is 0 Å². The van der Waals surface area contributed by atoms with Crippen LogP contribution in [0.4, 0.5) is 5.69 Å². The maximum atomic E-state index is 5.68. The summed E-state index contributed by atoms with van der Waals surface area (Å²) in [6.07, 6.45) is 1.64. The van der Waals surface area contributed by atoms with E-state index in [4.69, 9.17) is 17.4 Å². The first-order valence-corrected chi connectivity index (χ1v) is 3.21. The molecule has 1 heterocycles. The number of nitrogen functional groups attached to an aromatic ring is 1. The van der Waals surface area contributed by atoms with Gasteiger partial charge >= 0.3 is 0 Å². The van der Waals surface area contributed by atoms with Crippen molar-refractivity contribution < 1.29 is 0 Å². The minimum Gasteiger partial charge on any atom is -0.321 e. The largest absolute Gasteiger partial charge is 0.321 e. The van der Waals surface area contributed by atoms with E-state index in [1.807, 2.05) is 13.0 Å². The van der Waals surface area contributed by atoms with Crippen LogP contribution in [0, 0.1) is 6.92 Å². The highest BCUT2D eigenvalue weighted by molar-refractivity contribution is 6.32. The van der Waals surface area contributed by atoms with Crippen LogP contribution < -0.4 is 11.3 Å². The lowest BCUT2D eigenvalue weighted by Crippen LogP contribution is -2.09. The Kier molecular flexibility index (Phi) is 2.09. The minimum atomic E-state index is 0.405. The van der Waals surface area contributed by atoms with Crippen molar-refractivity contribution in [3.05, 3.63) is 23.0 Å². The number of nitrogens with one attached hydrogen (secondary N) is 1. The van der Waals surface area contributed by atoms with E-state index in [0.29, 0.717) is 10.8 Å². The van der Waals surface area contributed by atoms with Crippen molar-refractivity contribution in [1.29, 1.82) is 0 Å². The molecule has 0 fully saturated rings. The summed E-state index contributed by atoms with van der Waals surface area (Å²) in [7, 11) is 0. The van der Waals surface area contributed by atoms with E-state index < -0.39 is 0 Å². The van der Waals surface area contributed by atoms with Crippen LogP contribution in [-0.2, 0) is 0 Å². The maximum absolute atomic E-state index is 5.68. The Morgan fingerprint density at radius 1 is 1.70 bits per heavy atom. The first-order valence-electron chi connectivity index (χ1n) is 2.83. The number of nitrogens with zero attached hydrogens (tertiary/aromatic N) is 1. The standard InChI is InChI=1S/C6H8ClN3/c1-4-2-3-9-6(7)5(4)10-8/h2-3,10H,8H2,1H3. The molecular formula is C6H8ClN3. The molecule has 0 bridgehead atoms. The highest BCUT2D eigenvalue weighted by atomic mass is 35.5. The molecule has 0 spiro atoms. The highest BCUT2D eigenvalue weighted by Gasteiger charge is 2.00. The van der Waals surface area contributed by atoms with Gasteiger partial charge in [0.15, 0.2) is 5.15 Å². The number of nitrogens with two attached hydrogens (primary N) is 1. The normalized spacial score (nSPS) is 9.50. The number of hydrogen-bond acceptors (Lipinski definition) is 3. The number of rotatable bonds is 1. The molecule has 0 aromatic carbocycles. The van der Waals surface area contributed by atoms with Crippen molar-refractivity contribution in [2.75, 3.05) is 5.43 Å². The Hall–Kier alpha value is -0.800. The Bertz CT molecular complexity index is 216. The van der Waals surface area contributed by atoms with Crippen molar-refractivity contribution in [2.24, 2.45) is 5.84 Å². The SMILES string of the molecule is Cc1ccnc(Cl)c1NN.